The van der Waals surface area contributed by atoms with Crippen molar-refractivity contribution in [2.75, 3.05) is 7.11 Å². The highest BCUT2D eigenvalue weighted by atomic mass is 16.5. The molecule has 0 aromatic rings. The van der Waals surface area contributed by atoms with Crippen molar-refractivity contribution in [3.8, 4) is 0 Å². The first-order valence-corrected chi connectivity index (χ1v) is 9.83. The van der Waals surface area contributed by atoms with Crippen molar-refractivity contribution < 1.29 is 9.53 Å². The zero-order valence-corrected chi connectivity index (χ0v) is 16.0. The summed E-state index contributed by atoms with van der Waals surface area (Å²) in [4.78, 5) is 10.9. The van der Waals surface area contributed by atoms with Crippen LogP contribution >= 0.6 is 0 Å². The van der Waals surface area contributed by atoms with Gasteiger partial charge in [0.2, 0.25) is 0 Å². The van der Waals surface area contributed by atoms with Crippen LogP contribution in [0.4, 0.5) is 0 Å². The molecule has 0 bridgehead atoms. The van der Waals surface area contributed by atoms with E-state index in [0.717, 1.165) is 25.7 Å². The highest BCUT2D eigenvalue weighted by Gasteiger charge is 1.98. The molecule has 0 aromatic carbocycles. The quantitative estimate of drug-likeness (QED) is 0.174. The van der Waals surface area contributed by atoms with Crippen molar-refractivity contribution in [1.29, 1.82) is 0 Å². The molecule has 0 aliphatic carbocycles. The molecule has 24 heavy (non-hydrogen) atoms. The fraction of sp³-hybridized carbons (Fsp3) is 0.682. The molecule has 0 N–H and O–H groups in total. The first-order chi connectivity index (χ1) is 11.8. The van der Waals surface area contributed by atoms with E-state index in [2.05, 4.69) is 48.1 Å². The topological polar surface area (TPSA) is 26.3 Å². The Morgan fingerprint density at radius 1 is 0.708 bits per heavy atom. The van der Waals surface area contributed by atoms with Crippen molar-refractivity contribution in [2.24, 2.45) is 0 Å². The van der Waals surface area contributed by atoms with Gasteiger partial charge >= 0.3 is 5.97 Å². The molecule has 138 valence electrons. The van der Waals surface area contributed by atoms with Crippen LogP contribution in [0, 0.1) is 0 Å². The zero-order valence-electron chi connectivity index (χ0n) is 16.0. The minimum atomic E-state index is -0.0852. The van der Waals surface area contributed by atoms with E-state index in [9.17, 15) is 4.79 Å². The van der Waals surface area contributed by atoms with Crippen LogP contribution in [-0.4, -0.2) is 13.1 Å². The molecular formula is C22H38O2. The zero-order chi connectivity index (χ0) is 17.7. The lowest BCUT2D eigenvalue weighted by Gasteiger charge is -1.99. The Kier molecular flexibility index (Phi) is 18.7. The van der Waals surface area contributed by atoms with E-state index in [-0.39, 0.29) is 5.97 Å². The van der Waals surface area contributed by atoms with Gasteiger partial charge in [-0.3, -0.25) is 4.79 Å². The Morgan fingerprint density at radius 3 is 1.79 bits per heavy atom. The van der Waals surface area contributed by atoms with E-state index < -0.39 is 0 Å². The second kappa shape index (κ2) is 19.7. The average molecular weight is 335 g/mol. The number of hydrogen-bond acceptors (Lipinski definition) is 2. The maximum absolute atomic E-state index is 10.9. The molecule has 2 heteroatoms. The standard InChI is InChI=1S/C22H38O2/c1-3-4-5-6-7-8-9-10-11-12-13-14-15-16-17-18-19-20-21-22(23)24-2/h7-8,10-11,13-14H,3-6,9,12,15-21H2,1-2H3/b8-7-,11-10-,14-13-. The van der Waals surface area contributed by atoms with E-state index in [1.54, 1.807) is 0 Å². The number of unbranched alkanes of at least 4 members (excludes halogenated alkanes) is 8. The highest BCUT2D eigenvalue weighted by Crippen LogP contribution is 2.08. The Balaban J connectivity index is 3.29. The third kappa shape index (κ3) is 18.7. The second-order valence-corrected chi connectivity index (χ2v) is 6.26. The molecule has 0 aliphatic rings. The molecule has 0 spiro atoms. The summed E-state index contributed by atoms with van der Waals surface area (Å²) in [6.07, 6.45) is 28.5. The summed E-state index contributed by atoms with van der Waals surface area (Å²) in [5, 5.41) is 0. The number of carbonyl (C=O) groups is 1. The Bertz CT molecular complexity index is 353. The van der Waals surface area contributed by atoms with E-state index in [4.69, 9.17) is 0 Å². The largest absolute Gasteiger partial charge is 0.469 e. The summed E-state index contributed by atoms with van der Waals surface area (Å²) >= 11 is 0. The summed E-state index contributed by atoms with van der Waals surface area (Å²) < 4.78 is 4.63. The predicted octanol–water partition coefficient (Wildman–Crippen LogP) is 6.92. The van der Waals surface area contributed by atoms with Crippen LogP contribution in [0.1, 0.15) is 90.4 Å². The van der Waals surface area contributed by atoms with Crippen molar-refractivity contribution in [3.63, 3.8) is 0 Å². The first kappa shape index (κ1) is 22.7. The van der Waals surface area contributed by atoms with Crippen molar-refractivity contribution in [2.45, 2.75) is 90.4 Å². The summed E-state index contributed by atoms with van der Waals surface area (Å²) in [5.74, 6) is -0.0852. The first-order valence-electron chi connectivity index (χ1n) is 9.83. The highest BCUT2D eigenvalue weighted by molar-refractivity contribution is 5.68. The average Bonchev–Trinajstić information content (AvgIpc) is 2.60. The van der Waals surface area contributed by atoms with Gasteiger partial charge in [-0.25, -0.2) is 0 Å². The smallest absolute Gasteiger partial charge is 0.305 e. The number of ether oxygens (including phenoxy) is 1. The third-order valence-corrected chi connectivity index (χ3v) is 4.00. The van der Waals surface area contributed by atoms with Crippen LogP contribution < -0.4 is 0 Å². The number of allylic oxidation sites excluding steroid dienone is 6. The van der Waals surface area contributed by atoms with Gasteiger partial charge in [-0.1, -0.05) is 75.5 Å². The minimum Gasteiger partial charge on any atom is -0.469 e. The maximum Gasteiger partial charge on any atom is 0.305 e. The number of hydrogen-bond donors (Lipinski definition) is 0. The molecule has 0 atom stereocenters. The fourth-order valence-electron chi connectivity index (χ4n) is 2.45. The van der Waals surface area contributed by atoms with E-state index in [1.165, 1.54) is 58.5 Å². The lowest BCUT2D eigenvalue weighted by atomic mass is 10.1. The molecule has 0 saturated heterocycles. The predicted molar refractivity (Wildman–Crippen MR) is 105 cm³/mol. The summed E-state index contributed by atoms with van der Waals surface area (Å²) in [7, 11) is 1.45. The van der Waals surface area contributed by atoms with Crippen molar-refractivity contribution in [1.82, 2.24) is 0 Å². The van der Waals surface area contributed by atoms with Gasteiger partial charge in [-0.2, -0.15) is 0 Å². The number of esters is 1. The fourth-order valence-corrected chi connectivity index (χ4v) is 2.45. The van der Waals surface area contributed by atoms with Crippen LogP contribution in [-0.2, 0) is 9.53 Å². The number of rotatable bonds is 16. The lowest BCUT2D eigenvalue weighted by Crippen LogP contribution is -1.98. The molecule has 0 saturated carbocycles. The summed E-state index contributed by atoms with van der Waals surface area (Å²) in [6.45, 7) is 2.24. The third-order valence-electron chi connectivity index (χ3n) is 4.00. The van der Waals surface area contributed by atoms with Crippen molar-refractivity contribution in [3.05, 3.63) is 36.5 Å². The van der Waals surface area contributed by atoms with Crippen LogP contribution in [0.2, 0.25) is 0 Å². The van der Waals surface area contributed by atoms with Gasteiger partial charge in [0.05, 0.1) is 7.11 Å². The van der Waals surface area contributed by atoms with Crippen LogP contribution in [0.25, 0.3) is 0 Å². The molecule has 0 aliphatic heterocycles. The van der Waals surface area contributed by atoms with Crippen LogP contribution in [0.3, 0.4) is 0 Å². The van der Waals surface area contributed by atoms with Gasteiger partial charge in [0.15, 0.2) is 0 Å². The SMILES string of the molecule is CCCCC/C=C\C/C=C\C/C=C\CCCCCCCC(=O)OC. The second-order valence-electron chi connectivity index (χ2n) is 6.26. The molecule has 0 amide bonds. The summed E-state index contributed by atoms with van der Waals surface area (Å²) in [5.41, 5.74) is 0. The molecule has 2 nitrogen and oxygen atoms in total. The van der Waals surface area contributed by atoms with Gasteiger partial charge in [0, 0.05) is 6.42 Å². The monoisotopic (exact) mass is 334 g/mol. The van der Waals surface area contributed by atoms with Crippen LogP contribution in [0.15, 0.2) is 36.5 Å². The Hall–Kier alpha value is -1.31. The summed E-state index contributed by atoms with van der Waals surface area (Å²) in [6, 6.07) is 0. The lowest BCUT2D eigenvalue weighted by molar-refractivity contribution is -0.140. The van der Waals surface area contributed by atoms with Crippen LogP contribution in [0.5, 0.6) is 0 Å². The Morgan fingerprint density at radius 2 is 1.21 bits per heavy atom. The molecule has 0 fully saturated rings. The van der Waals surface area contributed by atoms with Gasteiger partial charge < -0.3 is 4.74 Å². The number of carbonyl (C=O) groups excluding carboxylic acids is 1. The van der Waals surface area contributed by atoms with Gasteiger partial charge in [0.25, 0.3) is 0 Å². The normalized spacial score (nSPS) is 11.9. The van der Waals surface area contributed by atoms with E-state index in [1.807, 2.05) is 0 Å². The van der Waals surface area contributed by atoms with E-state index in [0.29, 0.717) is 6.42 Å². The molecule has 0 rings (SSSR count). The van der Waals surface area contributed by atoms with E-state index >= 15 is 0 Å². The molecular weight excluding hydrogens is 296 g/mol. The molecule has 0 unspecified atom stereocenters. The minimum absolute atomic E-state index is 0.0852. The van der Waals surface area contributed by atoms with Gasteiger partial charge in [-0.15, -0.1) is 0 Å². The van der Waals surface area contributed by atoms with Gasteiger partial charge in [0.1, 0.15) is 0 Å². The Labute approximate surface area is 150 Å². The molecule has 0 radical (unpaired) electrons. The maximum atomic E-state index is 10.9. The van der Waals surface area contributed by atoms with Gasteiger partial charge in [-0.05, 0) is 44.9 Å². The molecule has 0 heterocycles. The number of methoxy groups -OCH3 is 1. The van der Waals surface area contributed by atoms with Crippen molar-refractivity contribution >= 4 is 5.97 Å². The molecule has 0 aromatic heterocycles.